The van der Waals surface area contributed by atoms with E-state index < -0.39 is 6.03 Å². The molecule has 0 rings (SSSR count). The summed E-state index contributed by atoms with van der Waals surface area (Å²) in [6.45, 7) is 0. The minimum absolute atomic E-state index is 0. The number of rotatable bonds is 1. The summed E-state index contributed by atoms with van der Waals surface area (Å²) in [6, 6.07) is -0.702. The predicted molar refractivity (Wildman–Crippen MR) is 33.1 cm³/mol. The van der Waals surface area contributed by atoms with Crippen LogP contribution in [0.4, 0.5) is 4.79 Å². The summed E-state index contributed by atoms with van der Waals surface area (Å²) in [6.07, 6.45) is 0. The summed E-state index contributed by atoms with van der Waals surface area (Å²) in [7, 11) is 0. The minimum atomic E-state index is -0.702. The predicted octanol–water partition coefficient (Wildman–Crippen LogP) is -0.865. The first-order chi connectivity index (χ1) is 3.27. The van der Waals surface area contributed by atoms with Crippen LogP contribution in [-0.4, -0.2) is 57.4 Å². The van der Waals surface area contributed by atoms with Crippen LogP contribution in [0.2, 0.25) is 0 Å². The third-order valence-electron chi connectivity index (χ3n) is 0.197. The molecule has 0 bridgehead atoms. The van der Waals surface area contributed by atoms with E-state index in [0.29, 0.717) is 11.9 Å². The molecule has 0 aliphatic heterocycles. The zero-order valence-corrected chi connectivity index (χ0v) is 4.16. The van der Waals surface area contributed by atoms with E-state index in [1.807, 2.05) is 4.72 Å². The number of nitriles is 1. The Morgan fingerprint density at radius 1 is 1.88 bits per heavy atom. The molecule has 0 atom stereocenters. The summed E-state index contributed by atoms with van der Waals surface area (Å²) < 4.78 is 1.99. The summed E-state index contributed by atoms with van der Waals surface area (Å²) in [5.74, 6) is 0. The van der Waals surface area contributed by atoms with Crippen LogP contribution in [0.15, 0.2) is 0 Å². The number of thiocyanates is 1. The van der Waals surface area contributed by atoms with Gasteiger partial charge in [0.05, 0.1) is 11.9 Å². The van der Waals surface area contributed by atoms with Crippen molar-refractivity contribution in [3.05, 3.63) is 0 Å². The first-order valence-corrected chi connectivity index (χ1v) is 2.19. The number of carbonyl (C=O) groups excluding carboxylic acids is 1. The number of nitrogens with one attached hydrogen (secondary N) is 1. The Kier molecular flexibility index (Phi) is 11.2. The number of amides is 2. The molecule has 0 aliphatic carbocycles. The summed E-state index contributed by atoms with van der Waals surface area (Å²) >= 11 is 0.597. The average molecular weight is 157 g/mol. The fraction of sp³-hybridized carbons (Fsp3) is 0. The first kappa shape index (κ1) is 11.5. The van der Waals surface area contributed by atoms with Crippen LogP contribution in [0.5, 0.6) is 0 Å². The van der Waals surface area contributed by atoms with Gasteiger partial charge in [-0.05, 0) is 0 Å². The molecule has 0 unspecified atom stereocenters. The van der Waals surface area contributed by atoms with Gasteiger partial charge in [0.15, 0.2) is 5.40 Å². The van der Waals surface area contributed by atoms with Crippen molar-refractivity contribution >= 4 is 69.4 Å². The molecule has 0 saturated heterocycles. The van der Waals surface area contributed by atoms with Gasteiger partial charge >= 0.3 is 57.4 Å². The Bertz CT molecular complexity index is 110. The third-order valence-corrected chi connectivity index (χ3v) is 0.592. The van der Waals surface area contributed by atoms with Crippen LogP contribution < -0.4 is 10.5 Å². The molecule has 2 amide bonds. The Balaban J connectivity index is 0. The number of hydrogen-bond donors (Lipinski definition) is 2. The molecule has 0 aromatic rings. The number of primary amides is 1. The third kappa shape index (κ3) is 9.89. The Morgan fingerprint density at radius 2 is 2.38 bits per heavy atom. The number of carbonyl (C=O) groups is 1. The second kappa shape index (κ2) is 7.75. The number of hydrogen-bond acceptors (Lipinski definition) is 3. The fourth-order valence-electron chi connectivity index (χ4n) is 0.0731. The second-order valence-electron chi connectivity index (χ2n) is 0.660. The van der Waals surface area contributed by atoms with Gasteiger partial charge in [0.1, 0.15) is 0 Å². The zero-order valence-electron chi connectivity index (χ0n) is 3.34. The van der Waals surface area contributed by atoms with Crippen molar-refractivity contribution in [3.63, 3.8) is 0 Å². The molecule has 0 heterocycles. The molecule has 0 aromatic carbocycles. The molecule has 0 aromatic heterocycles. The molecule has 4 nitrogen and oxygen atoms in total. The van der Waals surface area contributed by atoms with E-state index in [1.165, 1.54) is 0 Å². The fourth-order valence-corrected chi connectivity index (χ4v) is 0.219. The van der Waals surface area contributed by atoms with Gasteiger partial charge in [-0.1, -0.05) is 0 Å². The first-order valence-electron chi connectivity index (χ1n) is 1.37. The van der Waals surface area contributed by atoms with Gasteiger partial charge in [0.25, 0.3) is 0 Å². The summed E-state index contributed by atoms with van der Waals surface area (Å²) in [4.78, 5) is 9.70. The van der Waals surface area contributed by atoms with Crippen molar-refractivity contribution in [3.8, 4) is 5.40 Å². The standard InChI is InChI=1S/C2H3N3OS.K.H/c3-1-7-5-2(4)6;;/h(H3,4,5,6);;. The molecule has 0 aliphatic rings. The van der Waals surface area contributed by atoms with Crippen molar-refractivity contribution in [2.45, 2.75) is 0 Å². The average Bonchev–Trinajstić information content (AvgIpc) is 1.61. The number of urea groups is 1. The van der Waals surface area contributed by atoms with Crippen molar-refractivity contribution < 1.29 is 4.79 Å². The second-order valence-corrected chi connectivity index (χ2v) is 1.25. The van der Waals surface area contributed by atoms with Crippen LogP contribution in [0.25, 0.3) is 0 Å². The summed E-state index contributed by atoms with van der Waals surface area (Å²) in [5.41, 5.74) is 4.56. The van der Waals surface area contributed by atoms with Gasteiger partial charge in [0.2, 0.25) is 0 Å². The van der Waals surface area contributed by atoms with Crippen molar-refractivity contribution in [1.82, 2.24) is 4.72 Å². The SMILES string of the molecule is N#CSNC(N)=O.[KH]. The Hall–Kier alpha value is 0.746. The maximum absolute atomic E-state index is 9.70. The normalized spacial score (nSPS) is 5.88. The topological polar surface area (TPSA) is 78.9 Å². The zero-order chi connectivity index (χ0) is 5.70. The van der Waals surface area contributed by atoms with E-state index in [0.717, 1.165) is 0 Å². The van der Waals surface area contributed by atoms with Crippen LogP contribution in [0.3, 0.4) is 0 Å². The van der Waals surface area contributed by atoms with E-state index in [1.54, 1.807) is 5.40 Å². The molecule has 0 saturated carbocycles. The van der Waals surface area contributed by atoms with Gasteiger partial charge in [0, 0.05) is 0 Å². The molecule has 6 heteroatoms. The maximum atomic E-state index is 9.70. The molecule has 0 fully saturated rings. The summed E-state index contributed by atoms with van der Waals surface area (Å²) in [5, 5.41) is 9.36. The molecule has 0 radical (unpaired) electrons. The van der Waals surface area contributed by atoms with Crippen LogP contribution in [-0.2, 0) is 0 Å². The van der Waals surface area contributed by atoms with Crippen molar-refractivity contribution in [2.24, 2.45) is 5.73 Å². The van der Waals surface area contributed by atoms with Crippen LogP contribution in [0, 0.1) is 10.7 Å². The van der Waals surface area contributed by atoms with E-state index >= 15 is 0 Å². The van der Waals surface area contributed by atoms with E-state index in [2.05, 4.69) is 5.73 Å². The molecular formula is C2H4KN3OS. The van der Waals surface area contributed by atoms with Gasteiger partial charge in [-0.2, -0.15) is 5.26 Å². The molecule has 40 valence electrons. The molecular weight excluding hydrogens is 153 g/mol. The van der Waals surface area contributed by atoms with Crippen LogP contribution in [0.1, 0.15) is 0 Å². The molecule has 0 spiro atoms. The van der Waals surface area contributed by atoms with Crippen LogP contribution >= 0.6 is 11.9 Å². The van der Waals surface area contributed by atoms with E-state index in [-0.39, 0.29) is 51.4 Å². The van der Waals surface area contributed by atoms with Crippen molar-refractivity contribution in [1.29, 1.82) is 5.26 Å². The van der Waals surface area contributed by atoms with E-state index in [9.17, 15) is 4.79 Å². The van der Waals surface area contributed by atoms with Gasteiger partial charge < -0.3 is 5.73 Å². The van der Waals surface area contributed by atoms with Crippen molar-refractivity contribution in [2.75, 3.05) is 0 Å². The van der Waals surface area contributed by atoms with Gasteiger partial charge in [-0.3, -0.25) is 4.72 Å². The van der Waals surface area contributed by atoms with Gasteiger partial charge in [-0.25, -0.2) is 4.79 Å². The molecule has 8 heavy (non-hydrogen) atoms. The number of nitrogens with two attached hydrogens (primary N) is 1. The quantitative estimate of drug-likeness (QED) is 0.295. The monoisotopic (exact) mass is 157 g/mol. The molecule has 3 N–H and O–H groups in total. The van der Waals surface area contributed by atoms with E-state index in [4.69, 9.17) is 5.26 Å². The Morgan fingerprint density at radius 3 is 2.50 bits per heavy atom. The Labute approximate surface area is 93.7 Å². The van der Waals surface area contributed by atoms with Gasteiger partial charge in [-0.15, -0.1) is 0 Å². The number of nitrogens with zero attached hydrogens (tertiary/aromatic N) is 1.